The Kier molecular flexibility index (Phi) is 18.5. The van der Waals surface area contributed by atoms with Crippen molar-refractivity contribution in [1.82, 2.24) is 5.32 Å². The minimum absolute atomic E-state index is 0.167. The molecule has 0 aliphatic heterocycles. The summed E-state index contributed by atoms with van der Waals surface area (Å²) in [6.07, 6.45) is 1.17. The third-order valence-electron chi connectivity index (χ3n) is 9.47. The summed E-state index contributed by atoms with van der Waals surface area (Å²) >= 11 is 2.88. The number of likely N-dealkylation sites (N-methyl/N-ethyl adjacent to an activating group) is 1. The molecule has 0 aliphatic rings. The summed E-state index contributed by atoms with van der Waals surface area (Å²) in [6, 6.07) is 13.1. The average Bonchev–Trinajstić information content (AvgIpc) is 3.14. The number of carbonyl (C=O) groups is 4. The molecule has 0 unspecified atom stereocenters. The predicted octanol–water partition coefficient (Wildman–Crippen LogP) is 7.77. The van der Waals surface area contributed by atoms with Crippen LogP contribution in [0.3, 0.4) is 0 Å². The molecule has 0 heterocycles. The van der Waals surface area contributed by atoms with Crippen molar-refractivity contribution in [2.75, 3.05) is 52.9 Å². The summed E-state index contributed by atoms with van der Waals surface area (Å²) < 4.78 is 0. The Morgan fingerprint density at radius 1 is 0.610 bits per heavy atom. The topological polar surface area (TPSA) is 206 Å². The number of benzene rings is 3. The minimum atomic E-state index is -0.704. The van der Waals surface area contributed by atoms with Crippen molar-refractivity contribution in [1.29, 1.82) is 0 Å². The maximum Gasteiger partial charge on any atom is 0.255 e. The molecule has 0 saturated heterocycles. The van der Waals surface area contributed by atoms with Crippen molar-refractivity contribution < 1.29 is 19.2 Å². The van der Waals surface area contributed by atoms with Gasteiger partial charge in [0.05, 0.1) is 44.6 Å². The molecule has 0 saturated carbocycles. The van der Waals surface area contributed by atoms with E-state index < -0.39 is 23.9 Å². The summed E-state index contributed by atoms with van der Waals surface area (Å²) in [6.45, 7) is 21.3. The van der Waals surface area contributed by atoms with Crippen LogP contribution in [0.25, 0.3) is 0 Å². The summed E-state index contributed by atoms with van der Waals surface area (Å²) in [4.78, 5) is 56.4. The maximum absolute atomic E-state index is 14.1. The van der Waals surface area contributed by atoms with Crippen LogP contribution in [0, 0.1) is 11.8 Å². The molecule has 14 heteroatoms. The van der Waals surface area contributed by atoms with Gasteiger partial charge in [-0.05, 0) is 96.1 Å². The fourth-order valence-corrected chi connectivity index (χ4v) is 7.91. The van der Waals surface area contributed by atoms with E-state index in [2.05, 4.69) is 82.0 Å². The van der Waals surface area contributed by atoms with Gasteiger partial charge in [-0.3, -0.25) is 19.2 Å². The van der Waals surface area contributed by atoms with Crippen molar-refractivity contribution in [3.63, 3.8) is 0 Å². The lowest BCUT2D eigenvalue weighted by atomic mass is 9.86. The fourth-order valence-electron chi connectivity index (χ4n) is 6.21. The van der Waals surface area contributed by atoms with E-state index in [0.29, 0.717) is 75.9 Å². The molecule has 0 aliphatic carbocycles. The highest BCUT2D eigenvalue weighted by atomic mass is 32.2. The third-order valence-corrected chi connectivity index (χ3v) is 11.8. The first-order chi connectivity index (χ1) is 27.6. The van der Waals surface area contributed by atoms with Gasteiger partial charge < -0.3 is 43.8 Å². The van der Waals surface area contributed by atoms with Crippen LogP contribution in [0.1, 0.15) is 114 Å². The summed E-state index contributed by atoms with van der Waals surface area (Å²) in [5.74, 6) is 0.279. The molecule has 3 rings (SSSR count). The second-order valence-electron chi connectivity index (χ2n) is 17.7. The molecule has 59 heavy (non-hydrogen) atoms. The Hall–Kier alpha value is -3.92. The van der Waals surface area contributed by atoms with Gasteiger partial charge in [0.15, 0.2) is 0 Å². The van der Waals surface area contributed by atoms with E-state index in [1.54, 1.807) is 31.3 Å². The molecule has 11 N–H and O–H groups in total. The van der Waals surface area contributed by atoms with E-state index in [-0.39, 0.29) is 39.7 Å². The zero-order valence-corrected chi connectivity index (χ0v) is 38.5. The summed E-state index contributed by atoms with van der Waals surface area (Å²) in [5.41, 5.74) is 22.0. The van der Waals surface area contributed by atoms with Crippen LogP contribution in [-0.4, -0.2) is 67.4 Å². The lowest BCUT2D eigenvalue weighted by Crippen LogP contribution is -2.39. The number of rotatable bonds is 19. The van der Waals surface area contributed by atoms with E-state index in [0.717, 1.165) is 11.1 Å². The van der Waals surface area contributed by atoms with E-state index in [4.69, 9.17) is 17.2 Å². The second-order valence-corrected chi connectivity index (χ2v) is 20.0. The SMILES string of the molecule is CN[C@H](CC(C)C)C(=O)Nc1cc(C(C)(C)C)cc(NC(=O)c2cccc(C(=O)Nc3cc(C(C)(C)C)cc(NC(=O)[C@H](N)CC(C)C)c3SCCN)c2)c1SCCN. The largest absolute Gasteiger partial charge is 0.330 e. The molecule has 0 spiro atoms. The molecule has 0 fully saturated rings. The van der Waals surface area contributed by atoms with Crippen LogP contribution in [0.4, 0.5) is 22.7 Å². The van der Waals surface area contributed by atoms with Crippen LogP contribution in [0.5, 0.6) is 0 Å². The first kappa shape index (κ1) is 49.4. The Morgan fingerprint density at radius 3 is 1.36 bits per heavy atom. The first-order valence-electron chi connectivity index (χ1n) is 20.4. The minimum Gasteiger partial charge on any atom is -0.330 e. The molecule has 0 aromatic heterocycles. The lowest BCUT2D eigenvalue weighted by Gasteiger charge is -2.25. The van der Waals surface area contributed by atoms with Gasteiger partial charge in [0.2, 0.25) is 11.8 Å². The second kappa shape index (κ2) is 22.1. The quantitative estimate of drug-likeness (QED) is 0.0550. The van der Waals surface area contributed by atoms with Crippen LogP contribution in [0.15, 0.2) is 58.3 Å². The summed E-state index contributed by atoms with van der Waals surface area (Å²) in [5, 5.41) is 15.5. The monoisotopic (exact) mass is 848 g/mol. The highest BCUT2D eigenvalue weighted by molar-refractivity contribution is 7.99. The number of carbonyl (C=O) groups excluding carboxylic acids is 4. The van der Waals surface area contributed by atoms with Crippen LogP contribution in [0.2, 0.25) is 0 Å². The summed E-state index contributed by atoms with van der Waals surface area (Å²) in [7, 11) is 1.77. The zero-order chi connectivity index (χ0) is 44.2. The molecule has 0 radical (unpaired) electrons. The van der Waals surface area contributed by atoms with Crippen molar-refractivity contribution in [2.45, 2.75) is 115 Å². The number of nitrogens with one attached hydrogen (secondary N) is 5. The van der Waals surface area contributed by atoms with Crippen LogP contribution in [-0.2, 0) is 20.4 Å². The van der Waals surface area contributed by atoms with Crippen molar-refractivity contribution in [2.24, 2.45) is 29.0 Å². The number of nitrogens with two attached hydrogens (primary N) is 3. The van der Waals surface area contributed by atoms with Gasteiger partial charge in [0, 0.05) is 35.7 Å². The molecule has 2 atom stereocenters. The van der Waals surface area contributed by atoms with Crippen molar-refractivity contribution in [3.8, 4) is 0 Å². The predicted molar refractivity (Wildman–Crippen MR) is 249 cm³/mol. The van der Waals surface area contributed by atoms with E-state index in [1.807, 2.05) is 38.1 Å². The molecule has 3 aromatic carbocycles. The van der Waals surface area contributed by atoms with E-state index >= 15 is 0 Å². The molecule has 324 valence electrons. The number of thioether (sulfide) groups is 2. The third kappa shape index (κ3) is 14.6. The van der Waals surface area contributed by atoms with E-state index in [9.17, 15) is 19.2 Å². The normalized spacial score (nSPS) is 12.9. The molecular formula is C45H68N8O4S2. The first-order valence-corrected chi connectivity index (χ1v) is 22.4. The van der Waals surface area contributed by atoms with Crippen LogP contribution >= 0.6 is 23.5 Å². The van der Waals surface area contributed by atoms with Gasteiger partial charge in [-0.1, -0.05) is 75.3 Å². The highest BCUT2D eigenvalue weighted by Gasteiger charge is 2.26. The van der Waals surface area contributed by atoms with Gasteiger partial charge in [0.25, 0.3) is 11.8 Å². The van der Waals surface area contributed by atoms with Gasteiger partial charge >= 0.3 is 0 Å². The Labute approximate surface area is 360 Å². The molecule has 0 bridgehead atoms. The van der Waals surface area contributed by atoms with Gasteiger partial charge in [-0.2, -0.15) is 0 Å². The van der Waals surface area contributed by atoms with Crippen molar-refractivity contribution in [3.05, 3.63) is 70.8 Å². The van der Waals surface area contributed by atoms with Gasteiger partial charge in [-0.15, -0.1) is 23.5 Å². The maximum atomic E-state index is 14.1. The highest BCUT2D eigenvalue weighted by Crippen LogP contribution is 2.41. The lowest BCUT2D eigenvalue weighted by molar-refractivity contribution is -0.118. The Bertz CT molecular complexity index is 1940. The number of amides is 4. The number of anilines is 4. The van der Waals surface area contributed by atoms with E-state index in [1.165, 1.54) is 23.5 Å². The Morgan fingerprint density at radius 2 is 1.00 bits per heavy atom. The molecule has 12 nitrogen and oxygen atoms in total. The standard InChI is InChI=1S/C45H68N8O4S2/c1-26(2)19-32(48)42(56)52-35-24-30(44(5,6)7)22-33(38(35)58-17-15-46)50-40(54)28-13-12-14-29(21-28)41(55)51-34-23-31(45(8,9)10)25-36(39(34)59-18-16-47)53-43(57)37(49-11)20-27(3)4/h12-14,21-27,32,37,49H,15-20,46-48H2,1-11H3,(H,50,54)(H,51,55)(H,52,56)(H,53,57)/t32-,37-/m1/s1. The van der Waals surface area contributed by atoms with Gasteiger partial charge in [-0.25, -0.2) is 0 Å². The molecule has 3 aromatic rings. The number of hydrogen-bond donors (Lipinski definition) is 8. The molecular weight excluding hydrogens is 781 g/mol. The fraction of sp³-hybridized carbons (Fsp3) is 0.511. The van der Waals surface area contributed by atoms with Gasteiger partial charge in [0.1, 0.15) is 0 Å². The number of hydrogen-bond acceptors (Lipinski definition) is 10. The average molecular weight is 849 g/mol. The molecule has 4 amide bonds. The van der Waals surface area contributed by atoms with Crippen molar-refractivity contribution >= 4 is 69.9 Å². The zero-order valence-electron chi connectivity index (χ0n) is 36.9. The smallest absolute Gasteiger partial charge is 0.255 e. The van der Waals surface area contributed by atoms with Crippen LogP contribution < -0.4 is 43.8 Å². The Balaban J connectivity index is 2.05.